The van der Waals surface area contributed by atoms with E-state index in [4.69, 9.17) is 9.47 Å². The molecule has 0 bridgehead atoms. The van der Waals surface area contributed by atoms with Crippen LogP contribution in [0.2, 0.25) is 0 Å². The highest BCUT2D eigenvalue weighted by Crippen LogP contribution is 2.33. The van der Waals surface area contributed by atoms with Gasteiger partial charge in [0.25, 0.3) is 0 Å². The van der Waals surface area contributed by atoms with E-state index in [2.05, 4.69) is 9.68 Å². The number of nitrogens with zero attached hydrogens (tertiary/aromatic N) is 1. The number of ether oxygens (including phenoxy) is 2. The Bertz CT molecular complexity index is 512. The molecule has 0 aromatic heterocycles. The van der Waals surface area contributed by atoms with Crippen LogP contribution in [0.5, 0.6) is 0 Å². The van der Waals surface area contributed by atoms with Crippen LogP contribution >= 0.6 is 0 Å². The first-order valence-corrected chi connectivity index (χ1v) is 9.37. The van der Waals surface area contributed by atoms with Crippen LogP contribution in [0.3, 0.4) is 0 Å². The minimum absolute atomic E-state index is 0.00500. The average Bonchev–Trinajstić information content (AvgIpc) is 2.71. The van der Waals surface area contributed by atoms with Gasteiger partial charge in [-0.25, -0.2) is 9.00 Å². The zero-order chi connectivity index (χ0) is 15.7. The Kier molecular flexibility index (Phi) is 4.66. The van der Waals surface area contributed by atoms with Gasteiger partial charge in [0.1, 0.15) is 5.60 Å². The predicted octanol–water partition coefficient (Wildman–Crippen LogP) is 1.93. The first-order valence-electron chi connectivity index (χ1n) is 7.39. The molecule has 122 valence electrons. The summed E-state index contributed by atoms with van der Waals surface area (Å²) in [7, 11) is -2.61. The number of hydrogen-bond donors (Lipinski definition) is 1. The van der Waals surface area contributed by atoms with Gasteiger partial charge in [0.2, 0.25) is 0 Å². The van der Waals surface area contributed by atoms with E-state index >= 15 is 0 Å². The predicted molar refractivity (Wildman–Crippen MR) is 81.9 cm³/mol. The summed E-state index contributed by atoms with van der Waals surface area (Å²) in [6.45, 7) is 7.40. The minimum atomic E-state index is -2.61. The third kappa shape index (κ3) is 4.40. The van der Waals surface area contributed by atoms with Crippen LogP contribution in [0.1, 0.15) is 40.0 Å². The largest absolute Gasteiger partial charge is 0.442 e. The summed E-state index contributed by atoms with van der Waals surface area (Å²) >= 11 is 0. The highest BCUT2D eigenvalue weighted by molar-refractivity contribution is 7.93. The Labute approximate surface area is 127 Å². The Balaban J connectivity index is 2.06. The molecule has 0 radical (unpaired) electrons. The van der Waals surface area contributed by atoms with Gasteiger partial charge in [-0.2, -0.15) is 0 Å². The lowest BCUT2D eigenvalue weighted by atomic mass is 9.89. The zero-order valence-electron chi connectivity index (χ0n) is 13.3. The number of amides is 1. The molecule has 2 aliphatic rings. The maximum Gasteiger partial charge on any atom is 0.442 e. The lowest BCUT2D eigenvalue weighted by Gasteiger charge is -2.33. The smallest absolute Gasteiger partial charge is 0.442 e. The first-order chi connectivity index (χ1) is 9.62. The van der Waals surface area contributed by atoms with Crippen LogP contribution < -0.4 is 5.32 Å². The van der Waals surface area contributed by atoms with Gasteiger partial charge in [-0.15, -0.1) is 4.36 Å². The summed E-state index contributed by atoms with van der Waals surface area (Å²) in [5.41, 5.74) is -0.614. The van der Waals surface area contributed by atoms with Crippen molar-refractivity contribution in [3.05, 3.63) is 0 Å². The molecule has 2 rings (SSSR count). The molecule has 2 aliphatic heterocycles. The highest BCUT2D eigenvalue weighted by Gasteiger charge is 2.43. The summed E-state index contributed by atoms with van der Waals surface area (Å²) in [5, 5.41) is 3.36. The monoisotopic (exact) mass is 318 g/mol. The van der Waals surface area contributed by atoms with Crippen molar-refractivity contribution < 1.29 is 18.5 Å². The molecule has 0 aromatic carbocycles. The Morgan fingerprint density at radius 1 is 1.38 bits per heavy atom. The number of hydrogen-bond acceptors (Lipinski definition) is 5. The molecule has 2 fully saturated rings. The van der Waals surface area contributed by atoms with Gasteiger partial charge in [0.15, 0.2) is 0 Å². The summed E-state index contributed by atoms with van der Waals surface area (Å²) in [4.78, 5) is 11.8. The van der Waals surface area contributed by atoms with Gasteiger partial charge in [0, 0.05) is 31.6 Å². The highest BCUT2D eigenvalue weighted by atomic mass is 32.2. The molecule has 2 atom stereocenters. The summed E-state index contributed by atoms with van der Waals surface area (Å²) in [6, 6.07) is 0. The van der Waals surface area contributed by atoms with E-state index in [1.807, 2.05) is 0 Å². The maximum absolute atomic E-state index is 12.8. The van der Waals surface area contributed by atoms with Crippen LogP contribution in [0, 0.1) is 0 Å². The Morgan fingerprint density at radius 3 is 2.57 bits per heavy atom. The van der Waals surface area contributed by atoms with Crippen LogP contribution in [-0.2, 0) is 19.2 Å². The van der Waals surface area contributed by atoms with Gasteiger partial charge in [-0.05, 0) is 40.0 Å². The summed E-state index contributed by atoms with van der Waals surface area (Å²) in [5.74, 6) is 0. The second-order valence-electron chi connectivity index (χ2n) is 7.03. The second-order valence-corrected chi connectivity index (χ2v) is 9.60. The van der Waals surface area contributed by atoms with Crippen LogP contribution in [0.4, 0.5) is 4.79 Å². The Morgan fingerprint density at radius 2 is 2.00 bits per heavy atom. The lowest BCUT2D eigenvalue weighted by molar-refractivity contribution is 0.0458. The number of nitrogens with one attached hydrogen (secondary N) is 1. The molecule has 21 heavy (non-hydrogen) atoms. The third-order valence-electron chi connectivity index (χ3n) is 4.04. The molecule has 7 heteroatoms. The van der Waals surface area contributed by atoms with Crippen LogP contribution in [-0.4, -0.2) is 52.7 Å². The van der Waals surface area contributed by atoms with E-state index in [-0.39, 0.29) is 10.8 Å². The topological polar surface area (TPSA) is 77.0 Å². The van der Waals surface area contributed by atoms with Crippen molar-refractivity contribution >= 4 is 15.8 Å². The molecule has 1 amide bonds. The number of carbonyl (C=O) groups is 1. The molecular weight excluding hydrogens is 292 g/mol. The third-order valence-corrected chi connectivity index (χ3v) is 6.12. The fourth-order valence-corrected chi connectivity index (χ4v) is 4.37. The van der Waals surface area contributed by atoms with Crippen LogP contribution in [0.15, 0.2) is 4.36 Å². The van der Waals surface area contributed by atoms with Crippen molar-refractivity contribution in [2.45, 2.75) is 56.4 Å². The molecule has 2 heterocycles. The van der Waals surface area contributed by atoms with Gasteiger partial charge < -0.3 is 14.8 Å². The SMILES string of the molecule is CC(C)(C)OC(=O)N=S(C)(=O)C1CNC2(CCOCC2)C1. The number of rotatable bonds is 1. The van der Waals surface area contributed by atoms with Crippen molar-refractivity contribution in [1.29, 1.82) is 0 Å². The summed E-state index contributed by atoms with van der Waals surface area (Å²) < 4.78 is 27.2. The molecule has 6 nitrogen and oxygen atoms in total. The fourth-order valence-electron chi connectivity index (χ4n) is 2.87. The van der Waals surface area contributed by atoms with Crippen molar-refractivity contribution in [2.75, 3.05) is 26.0 Å². The van der Waals surface area contributed by atoms with Crippen molar-refractivity contribution in [2.24, 2.45) is 4.36 Å². The van der Waals surface area contributed by atoms with E-state index in [1.165, 1.54) is 0 Å². The number of carbonyl (C=O) groups excluding carboxylic acids is 1. The average molecular weight is 318 g/mol. The molecule has 1 spiro atoms. The van der Waals surface area contributed by atoms with Gasteiger partial charge in [-0.1, -0.05) is 0 Å². The van der Waals surface area contributed by atoms with E-state index < -0.39 is 21.4 Å². The quantitative estimate of drug-likeness (QED) is 0.799. The molecular formula is C14H26N2O4S. The van der Waals surface area contributed by atoms with E-state index in [0.717, 1.165) is 32.5 Å². The second kappa shape index (κ2) is 5.85. The first kappa shape index (κ1) is 16.7. The summed E-state index contributed by atoms with van der Waals surface area (Å²) in [6.07, 6.45) is 3.44. The standard InChI is InChI=1S/C14H26N2O4S/c1-13(2,3)20-12(17)16-21(4,18)11-9-14(15-10-11)5-7-19-8-6-14/h11,15H,5-10H2,1-4H3. The van der Waals surface area contributed by atoms with Gasteiger partial charge in [-0.3, -0.25) is 0 Å². The minimum Gasteiger partial charge on any atom is -0.442 e. The lowest BCUT2D eigenvalue weighted by Crippen LogP contribution is -2.44. The normalized spacial score (nSPS) is 28.1. The Hall–Kier alpha value is -0.660. The zero-order valence-corrected chi connectivity index (χ0v) is 14.1. The molecule has 0 aromatic rings. The molecule has 0 aliphatic carbocycles. The maximum atomic E-state index is 12.8. The van der Waals surface area contributed by atoms with Crippen LogP contribution in [0.25, 0.3) is 0 Å². The van der Waals surface area contributed by atoms with E-state index in [0.29, 0.717) is 6.54 Å². The molecule has 2 unspecified atom stereocenters. The van der Waals surface area contributed by atoms with Gasteiger partial charge >= 0.3 is 6.09 Å². The van der Waals surface area contributed by atoms with Crippen molar-refractivity contribution in [3.8, 4) is 0 Å². The van der Waals surface area contributed by atoms with Gasteiger partial charge in [0.05, 0.1) is 15.0 Å². The molecule has 2 saturated heterocycles. The fraction of sp³-hybridized carbons (Fsp3) is 0.929. The molecule has 0 saturated carbocycles. The van der Waals surface area contributed by atoms with E-state index in [9.17, 15) is 9.00 Å². The van der Waals surface area contributed by atoms with E-state index in [1.54, 1.807) is 27.0 Å². The van der Waals surface area contributed by atoms with Crippen molar-refractivity contribution in [3.63, 3.8) is 0 Å². The molecule has 1 N–H and O–H groups in total. The van der Waals surface area contributed by atoms with Crippen molar-refractivity contribution in [1.82, 2.24) is 5.32 Å².